The summed E-state index contributed by atoms with van der Waals surface area (Å²) in [6.07, 6.45) is -3.21. The van der Waals surface area contributed by atoms with Crippen molar-refractivity contribution in [2.45, 2.75) is 5.92 Å². The van der Waals surface area contributed by atoms with E-state index >= 15 is 0 Å². The number of alkyl halides is 2. The molecule has 0 bridgehead atoms. The molecule has 1 aromatic heterocycles. The van der Waals surface area contributed by atoms with E-state index < -0.39 is 35.2 Å². The van der Waals surface area contributed by atoms with E-state index in [-0.39, 0.29) is 6.07 Å². The molecule has 0 aliphatic rings. The molecule has 0 saturated heterocycles. The molecule has 4 nitrogen and oxygen atoms in total. The first kappa shape index (κ1) is 12.1. The zero-order chi connectivity index (χ0) is 12.5. The van der Waals surface area contributed by atoms with Crippen LogP contribution in [0, 0.1) is 0 Å². The molecule has 0 aliphatic heterocycles. The molecule has 16 heavy (non-hydrogen) atoms. The van der Waals surface area contributed by atoms with Gasteiger partial charge in [0.05, 0.1) is 6.07 Å². The van der Waals surface area contributed by atoms with E-state index in [0.29, 0.717) is 0 Å². The first-order valence-electron chi connectivity index (χ1n) is 3.62. The third-order valence-corrected chi connectivity index (χ3v) is 1.45. The Kier molecular flexibility index (Phi) is 2.97. The number of rotatable bonds is 2. The maximum absolute atomic E-state index is 12.9. The Morgan fingerprint density at radius 1 is 1.38 bits per heavy atom. The van der Waals surface area contributed by atoms with Gasteiger partial charge >= 0.3 is 17.6 Å². The van der Waals surface area contributed by atoms with Crippen LogP contribution in [0.15, 0.2) is 27.2 Å². The Labute approximate surface area is 84.2 Å². The van der Waals surface area contributed by atoms with Crippen LogP contribution in [0.1, 0.15) is 5.69 Å². The van der Waals surface area contributed by atoms with Crippen LogP contribution in [-0.4, -0.2) is 4.98 Å². The number of hydrogen-bond acceptors (Lipinski definition) is 4. The molecule has 1 heterocycles. The monoisotopic (exact) mass is 242 g/mol. The number of anilines is 1. The fraction of sp³-hybridized carbons (Fsp3) is 0.143. The zero-order valence-electron chi connectivity index (χ0n) is 7.31. The smallest absolute Gasteiger partial charge is 0.346 e. The number of hydrogen-bond donors (Lipinski definition) is 1. The highest BCUT2D eigenvalue weighted by atomic mass is 19.3. The van der Waals surface area contributed by atoms with Crippen LogP contribution < -0.4 is 11.4 Å². The SMILES string of the molecule is Nc1nc(C(F)(F)C(F)=C(F)F)cc(=O)o1. The largest absolute Gasteiger partial charge is 0.389 e. The van der Waals surface area contributed by atoms with Gasteiger partial charge < -0.3 is 10.2 Å². The van der Waals surface area contributed by atoms with Crippen molar-refractivity contribution >= 4 is 6.01 Å². The Balaban J connectivity index is 3.38. The van der Waals surface area contributed by atoms with Gasteiger partial charge in [0.1, 0.15) is 5.69 Å². The van der Waals surface area contributed by atoms with E-state index in [9.17, 15) is 26.7 Å². The fourth-order valence-electron chi connectivity index (χ4n) is 0.810. The van der Waals surface area contributed by atoms with Crippen LogP contribution in [0.2, 0.25) is 0 Å². The zero-order valence-corrected chi connectivity index (χ0v) is 7.31. The number of nitrogens with two attached hydrogens (primary N) is 1. The highest BCUT2D eigenvalue weighted by Gasteiger charge is 2.43. The molecule has 88 valence electrons. The minimum absolute atomic E-state index is 0.0683. The molecule has 1 aromatic rings. The normalized spacial score (nSPS) is 11.3. The standard InChI is InChI=1S/C7H3F5N2O2/c8-4(5(9)10)7(11,12)2-1-3(15)16-6(13)14-2/h1H,(H2,13,14). The number of halogens is 5. The lowest BCUT2D eigenvalue weighted by Gasteiger charge is -2.11. The van der Waals surface area contributed by atoms with Gasteiger partial charge in [-0.05, 0) is 0 Å². The third-order valence-electron chi connectivity index (χ3n) is 1.45. The van der Waals surface area contributed by atoms with Gasteiger partial charge in [-0.1, -0.05) is 0 Å². The Bertz CT molecular complexity index is 492. The molecule has 0 unspecified atom stereocenters. The molecule has 9 heteroatoms. The predicted octanol–water partition coefficient (Wildman–Crippen LogP) is 1.79. The molecule has 1 rings (SSSR count). The number of allylic oxidation sites excluding steroid dienone is 1. The van der Waals surface area contributed by atoms with Crippen molar-refractivity contribution in [3.05, 3.63) is 34.1 Å². The van der Waals surface area contributed by atoms with Gasteiger partial charge in [-0.15, -0.1) is 0 Å². The van der Waals surface area contributed by atoms with E-state index in [0.717, 1.165) is 0 Å². The Hall–Kier alpha value is -1.93. The first-order chi connectivity index (χ1) is 7.25. The molecule has 0 saturated carbocycles. The van der Waals surface area contributed by atoms with Gasteiger partial charge in [0, 0.05) is 0 Å². The molecular weight excluding hydrogens is 239 g/mol. The highest BCUT2D eigenvalue weighted by molar-refractivity contribution is 5.23. The Morgan fingerprint density at radius 3 is 2.38 bits per heavy atom. The number of nitrogens with zero attached hydrogens (tertiary/aromatic N) is 1. The second kappa shape index (κ2) is 3.91. The van der Waals surface area contributed by atoms with Crippen LogP contribution in [0.4, 0.5) is 28.0 Å². The maximum Gasteiger partial charge on any atom is 0.346 e. The average molecular weight is 242 g/mol. The van der Waals surface area contributed by atoms with Gasteiger partial charge in [-0.2, -0.15) is 26.9 Å². The lowest BCUT2D eigenvalue weighted by Crippen LogP contribution is -2.20. The lowest BCUT2D eigenvalue weighted by molar-refractivity contribution is 0.00101. The summed E-state index contributed by atoms with van der Waals surface area (Å²) in [7, 11) is 0. The van der Waals surface area contributed by atoms with Gasteiger partial charge in [0.2, 0.25) is 5.83 Å². The van der Waals surface area contributed by atoms with Gasteiger partial charge in [0.15, 0.2) is 0 Å². The summed E-state index contributed by atoms with van der Waals surface area (Å²) < 4.78 is 65.7. The highest BCUT2D eigenvalue weighted by Crippen LogP contribution is 2.37. The second-order valence-electron chi connectivity index (χ2n) is 2.55. The molecule has 0 spiro atoms. The minimum atomic E-state index is -4.73. The summed E-state index contributed by atoms with van der Waals surface area (Å²) in [5.74, 6) is -7.73. The molecule has 2 N–H and O–H groups in total. The van der Waals surface area contributed by atoms with Crippen LogP contribution >= 0.6 is 0 Å². The third kappa shape index (κ3) is 2.18. The van der Waals surface area contributed by atoms with Crippen molar-refractivity contribution in [1.29, 1.82) is 0 Å². The maximum atomic E-state index is 12.9. The molecule has 0 radical (unpaired) electrons. The van der Waals surface area contributed by atoms with Crippen molar-refractivity contribution in [2.75, 3.05) is 5.73 Å². The molecule has 0 atom stereocenters. The average Bonchev–Trinajstić information content (AvgIpc) is 2.14. The Morgan fingerprint density at radius 2 is 1.94 bits per heavy atom. The van der Waals surface area contributed by atoms with Crippen LogP contribution in [0.3, 0.4) is 0 Å². The van der Waals surface area contributed by atoms with Crippen LogP contribution in [-0.2, 0) is 5.92 Å². The van der Waals surface area contributed by atoms with Gasteiger partial charge in [-0.25, -0.2) is 4.79 Å². The lowest BCUT2D eigenvalue weighted by atomic mass is 10.2. The topological polar surface area (TPSA) is 69.1 Å². The summed E-state index contributed by atoms with van der Waals surface area (Å²) in [6, 6.07) is -0.909. The molecule has 0 amide bonds. The van der Waals surface area contributed by atoms with Crippen molar-refractivity contribution in [3.8, 4) is 0 Å². The van der Waals surface area contributed by atoms with Crippen molar-refractivity contribution < 1.29 is 26.4 Å². The number of aromatic nitrogens is 1. The molecular formula is C7H3F5N2O2. The van der Waals surface area contributed by atoms with E-state index in [1.165, 1.54) is 0 Å². The number of nitrogen functional groups attached to an aromatic ring is 1. The molecule has 0 aliphatic carbocycles. The van der Waals surface area contributed by atoms with Crippen LogP contribution in [0.5, 0.6) is 0 Å². The van der Waals surface area contributed by atoms with Crippen molar-refractivity contribution in [1.82, 2.24) is 4.98 Å². The van der Waals surface area contributed by atoms with Crippen molar-refractivity contribution in [3.63, 3.8) is 0 Å². The fourth-order valence-corrected chi connectivity index (χ4v) is 0.810. The molecule has 0 fully saturated rings. The van der Waals surface area contributed by atoms with E-state index in [1.54, 1.807) is 0 Å². The summed E-state index contributed by atoms with van der Waals surface area (Å²) in [5.41, 5.74) is 1.89. The predicted molar refractivity (Wildman–Crippen MR) is 41.4 cm³/mol. The van der Waals surface area contributed by atoms with Gasteiger partial charge in [0.25, 0.3) is 6.01 Å². The van der Waals surface area contributed by atoms with E-state index in [2.05, 4.69) is 9.40 Å². The van der Waals surface area contributed by atoms with Crippen molar-refractivity contribution in [2.24, 2.45) is 0 Å². The van der Waals surface area contributed by atoms with E-state index in [1.807, 2.05) is 0 Å². The summed E-state index contributed by atoms with van der Waals surface area (Å²) in [5, 5.41) is 0. The summed E-state index contributed by atoms with van der Waals surface area (Å²) in [4.78, 5) is 13.4. The van der Waals surface area contributed by atoms with Gasteiger partial charge in [-0.3, -0.25) is 0 Å². The van der Waals surface area contributed by atoms with E-state index in [4.69, 9.17) is 5.73 Å². The van der Waals surface area contributed by atoms with Crippen LogP contribution in [0.25, 0.3) is 0 Å². The minimum Gasteiger partial charge on any atom is -0.389 e. The second-order valence-corrected chi connectivity index (χ2v) is 2.55. The summed E-state index contributed by atoms with van der Waals surface area (Å²) in [6.45, 7) is 0. The molecule has 0 aromatic carbocycles. The quantitative estimate of drug-likeness (QED) is 0.802. The summed E-state index contributed by atoms with van der Waals surface area (Å²) >= 11 is 0. The first-order valence-corrected chi connectivity index (χ1v) is 3.62.